The number of amides is 1. The molecule has 0 aliphatic rings. The molecule has 34 heavy (non-hydrogen) atoms. The number of hydrogen-bond donors (Lipinski definition) is 2. The molecule has 10 nitrogen and oxygen atoms in total. The Hall–Kier alpha value is -4.34. The molecule has 0 saturated carbocycles. The first-order valence-electron chi connectivity index (χ1n) is 10.8. The van der Waals surface area contributed by atoms with Crippen molar-refractivity contribution in [1.29, 1.82) is 0 Å². The molecule has 0 atom stereocenters. The van der Waals surface area contributed by atoms with Crippen molar-refractivity contribution < 1.29 is 9.53 Å². The molecule has 0 fully saturated rings. The second kappa shape index (κ2) is 9.26. The molecule has 4 rings (SSSR count). The molecule has 1 aromatic carbocycles. The first-order valence-corrected chi connectivity index (χ1v) is 10.8. The summed E-state index contributed by atoms with van der Waals surface area (Å²) in [6, 6.07) is 7.39. The van der Waals surface area contributed by atoms with Crippen LogP contribution in [0.2, 0.25) is 0 Å². The second-order valence-corrected chi connectivity index (χ2v) is 8.16. The van der Waals surface area contributed by atoms with Gasteiger partial charge in [-0.15, -0.1) is 5.10 Å². The van der Waals surface area contributed by atoms with Gasteiger partial charge in [0.2, 0.25) is 5.91 Å². The summed E-state index contributed by atoms with van der Waals surface area (Å²) < 4.78 is 10.5. The third-order valence-electron chi connectivity index (χ3n) is 5.34. The van der Waals surface area contributed by atoms with Crippen LogP contribution in [0.1, 0.15) is 25.5 Å². The highest BCUT2D eigenvalue weighted by atomic mass is 16.5. The minimum absolute atomic E-state index is 0.0479. The fourth-order valence-corrected chi connectivity index (χ4v) is 3.77. The van der Waals surface area contributed by atoms with E-state index < -0.39 is 0 Å². The van der Waals surface area contributed by atoms with Crippen LogP contribution in [0, 0.1) is 0 Å². The van der Waals surface area contributed by atoms with Gasteiger partial charge in [0.1, 0.15) is 16.7 Å². The molecule has 0 saturated heterocycles. The van der Waals surface area contributed by atoms with E-state index in [1.807, 2.05) is 36.6 Å². The van der Waals surface area contributed by atoms with Gasteiger partial charge in [-0.3, -0.25) is 14.3 Å². The average molecular weight is 462 g/mol. The van der Waals surface area contributed by atoms with Crippen molar-refractivity contribution in [2.24, 2.45) is 7.05 Å². The van der Waals surface area contributed by atoms with Crippen LogP contribution in [0.25, 0.3) is 11.0 Å². The van der Waals surface area contributed by atoms with Gasteiger partial charge in [-0.1, -0.05) is 18.7 Å². The molecule has 2 N–H and O–H groups in total. The highest BCUT2D eigenvalue weighted by Gasteiger charge is 2.18. The Balaban J connectivity index is 1.81. The first kappa shape index (κ1) is 22.8. The number of benzene rings is 1. The Labute approximate surface area is 196 Å². The molecule has 0 bridgehead atoms. The van der Waals surface area contributed by atoms with E-state index in [1.54, 1.807) is 48.2 Å². The number of imidazole rings is 1. The molecule has 1 amide bonds. The number of carbonyl (C=O) groups excluding carboxylic acids is 1. The lowest BCUT2D eigenvalue weighted by molar-refractivity contribution is -0.111. The SMILES string of the molecule is C=CC(=O)Nc1cccc(Cn2cc(Nc3cn(C)nc3OC)c3ncn(C(C)C)c3c2=O)c1. The lowest BCUT2D eigenvalue weighted by Crippen LogP contribution is -2.23. The summed E-state index contributed by atoms with van der Waals surface area (Å²) in [5, 5.41) is 10.4. The largest absolute Gasteiger partial charge is 0.478 e. The summed E-state index contributed by atoms with van der Waals surface area (Å²) in [6.07, 6.45) is 6.43. The van der Waals surface area contributed by atoms with Crippen molar-refractivity contribution >= 4 is 34.0 Å². The minimum atomic E-state index is -0.298. The molecule has 0 aliphatic carbocycles. The predicted molar refractivity (Wildman–Crippen MR) is 132 cm³/mol. The maximum atomic E-state index is 13.5. The number of nitrogens with zero attached hydrogens (tertiary/aromatic N) is 5. The van der Waals surface area contributed by atoms with Crippen molar-refractivity contribution in [2.45, 2.75) is 26.4 Å². The number of hydrogen-bond acceptors (Lipinski definition) is 6. The van der Waals surface area contributed by atoms with Gasteiger partial charge in [-0.25, -0.2) is 4.98 Å². The Kier molecular flexibility index (Phi) is 6.22. The Morgan fingerprint density at radius 3 is 2.76 bits per heavy atom. The number of pyridine rings is 1. The molecule has 0 aliphatic heterocycles. The van der Waals surface area contributed by atoms with Crippen LogP contribution in [0.3, 0.4) is 0 Å². The first-order chi connectivity index (χ1) is 16.3. The fraction of sp³-hybridized carbons (Fsp3) is 0.250. The van der Waals surface area contributed by atoms with Gasteiger partial charge >= 0.3 is 0 Å². The van der Waals surface area contributed by atoms with E-state index in [4.69, 9.17) is 4.74 Å². The molecule has 3 aromatic heterocycles. The summed E-state index contributed by atoms with van der Waals surface area (Å²) in [5.74, 6) is 0.135. The van der Waals surface area contributed by atoms with Crippen LogP contribution >= 0.6 is 0 Å². The number of ether oxygens (including phenoxy) is 1. The van der Waals surface area contributed by atoms with E-state index in [0.717, 1.165) is 5.56 Å². The van der Waals surface area contributed by atoms with Gasteiger partial charge in [0.25, 0.3) is 11.4 Å². The van der Waals surface area contributed by atoms with E-state index in [1.165, 1.54) is 6.08 Å². The van der Waals surface area contributed by atoms with E-state index in [-0.39, 0.29) is 17.5 Å². The number of fused-ring (bicyclic) bond motifs is 1. The lowest BCUT2D eigenvalue weighted by atomic mass is 10.2. The van der Waals surface area contributed by atoms with Gasteiger partial charge < -0.3 is 24.5 Å². The molecule has 3 heterocycles. The number of carbonyl (C=O) groups is 1. The predicted octanol–water partition coefficient (Wildman–Crippen LogP) is 3.44. The summed E-state index contributed by atoms with van der Waals surface area (Å²) in [5.41, 5.74) is 3.68. The number of nitrogens with one attached hydrogen (secondary N) is 2. The van der Waals surface area contributed by atoms with Crippen LogP contribution in [0.15, 0.2) is 60.4 Å². The highest BCUT2D eigenvalue weighted by Crippen LogP contribution is 2.29. The molecule has 0 spiro atoms. The van der Waals surface area contributed by atoms with Crippen LogP contribution in [0.4, 0.5) is 17.1 Å². The quantitative estimate of drug-likeness (QED) is 0.389. The number of aromatic nitrogens is 5. The van der Waals surface area contributed by atoms with Crippen molar-refractivity contribution in [1.82, 2.24) is 23.9 Å². The second-order valence-electron chi connectivity index (χ2n) is 8.16. The zero-order valence-corrected chi connectivity index (χ0v) is 19.6. The fourth-order valence-electron chi connectivity index (χ4n) is 3.77. The molecular weight excluding hydrogens is 434 g/mol. The van der Waals surface area contributed by atoms with Crippen LogP contribution in [-0.2, 0) is 18.4 Å². The number of anilines is 3. The molecular formula is C24H27N7O3. The minimum Gasteiger partial charge on any atom is -0.478 e. The standard InChI is InChI=1S/C24H27N7O3/c1-6-20(32)26-17-9-7-8-16(10-17)11-30-13-18(27-19-12-29(4)28-23(19)34-5)21-22(24(30)33)31(14-25-21)15(2)3/h6-10,12-15,27H,1,11H2,2-5H3,(H,26,32). The van der Waals surface area contributed by atoms with Crippen molar-refractivity contribution in [3.8, 4) is 5.88 Å². The van der Waals surface area contributed by atoms with Crippen molar-refractivity contribution in [3.63, 3.8) is 0 Å². The number of aryl methyl sites for hydroxylation is 1. The smallest absolute Gasteiger partial charge is 0.277 e. The van der Waals surface area contributed by atoms with Gasteiger partial charge in [0, 0.05) is 25.0 Å². The molecule has 0 radical (unpaired) electrons. The molecule has 4 aromatic rings. The van der Waals surface area contributed by atoms with Crippen molar-refractivity contribution in [2.75, 3.05) is 17.7 Å². The normalized spacial score (nSPS) is 11.1. The van der Waals surface area contributed by atoms with Crippen LogP contribution in [-0.4, -0.2) is 36.9 Å². The molecule has 10 heteroatoms. The van der Waals surface area contributed by atoms with E-state index in [2.05, 4.69) is 27.3 Å². The zero-order valence-electron chi connectivity index (χ0n) is 19.6. The number of rotatable bonds is 8. The van der Waals surface area contributed by atoms with Gasteiger partial charge in [0.15, 0.2) is 0 Å². The van der Waals surface area contributed by atoms with Gasteiger partial charge in [0.05, 0.1) is 31.9 Å². The van der Waals surface area contributed by atoms with E-state index >= 15 is 0 Å². The van der Waals surface area contributed by atoms with E-state index in [0.29, 0.717) is 40.5 Å². The maximum Gasteiger partial charge on any atom is 0.277 e. The average Bonchev–Trinajstić information content (AvgIpc) is 3.41. The molecule has 176 valence electrons. The van der Waals surface area contributed by atoms with E-state index in [9.17, 15) is 9.59 Å². The van der Waals surface area contributed by atoms with Crippen molar-refractivity contribution in [3.05, 3.63) is 71.6 Å². The monoisotopic (exact) mass is 461 g/mol. The Bertz CT molecular complexity index is 1430. The van der Waals surface area contributed by atoms with Crippen LogP contribution < -0.4 is 20.9 Å². The highest BCUT2D eigenvalue weighted by molar-refractivity contribution is 5.98. The van der Waals surface area contributed by atoms with Gasteiger partial charge in [-0.05, 0) is 37.6 Å². The maximum absolute atomic E-state index is 13.5. The summed E-state index contributed by atoms with van der Waals surface area (Å²) in [7, 11) is 3.35. The zero-order chi connectivity index (χ0) is 24.4. The summed E-state index contributed by atoms with van der Waals surface area (Å²) >= 11 is 0. The summed E-state index contributed by atoms with van der Waals surface area (Å²) in [4.78, 5) is 29.7. The third-order valence-corrected chi connectivity index (χ3v) is 5.34. The van der Waals surface area contributed by atoms with Gasteiger partial charge in [-0.2, -0.15) is 0 Å². The Morgan fingerprint density at radius 2 is 2.06 bits per heavy atom. The molecule has 0 unspecified atom stereocenters. The third kappa shape index (κ3) is 4.42. The Morgan fingerprint density at radius 1 is 1.26 bits per heavy atom. The topological polar surface area (TPSA) is 108 Å². The number of methoxy groups -OCH3 is 1. The summed E-state index contributed by atoms with van der Waals surface area (Å²) in [6.45, 7) is 7.78. The van der Waals surface area contributed by atoms with Crippen LogP contribution in [0.5, 0.6) is 5.88 Å². The lowest BCUT2D eigenvalue weighted by Gasteiger charge is -2.14.